The van der Waals surface area contributed by atoms with Gasteiger partial charge in [0.25, 0.3) is 0 Å². The summed E-state index contributed by atoms with van der Waals surface area (Å²) in [6.07, 6.45) is -1.32. The first-order valence-corrected chi connectivity index (χ1v) is 13.3. The molecule has 4 aromatic rings. The van der Waals surface area contributed by atoms with Crippen LogP contribution in [0.1, 0.15) is 25.3 Å². The van der Waals surface area contributed by atoms with Crippen molar-refractivity contribution in [3.8, 4) is 11.5 Å². The maximum absolute atomic E-state index is 13.0. The zero-order valence-electron chi connectivity index (χ0n) is 21.9. The second-order valence-electron chi connectivity index (χ2n) is 9.64. The van der Waals surface area contributed by atoms with Crippen LogP contribution in [0, 0.1) is 5.92 Å². The number of carbonyl (C=O) groups excluding carboxylic acids is 1. The molecule has 2 N–H and O–H groups in total. The summed E-state index contributed by atoms with van der Waals surface area (Å²) in [5.74, 6) is 1.78. The largest absolute Gasteiger partial charge is 0.457 e. The highest BCUT2D eigenvalue weighted by molar-refractivity contribution is 6.31. The van der Waals surface area contributed by atoms with Crippen molar-refractivity contribution in [1.29, 1.82) is 0 Å². The Balaban J connectivity index is 1.27. The van der Waals surface area contributed by atoms with Gasteiger partial charge in [-0.2, -0.15) is 13.2 Å². The lowest BCUT2D eigenvalue weighted by molar-refractivity contribution is -0.137. The van der Waals surface area contributed by atoms with Crippen LogP contribution in [0.2, 0.25) is 5.02 Å². The van der Waals surface area contributed by atoms with Crippen LogP contribution in [0.3, 0.4) is 0 Å². The van der Waals surface area contributed by atoms with Gasteiger partial charge in [0.15, 0.2) is 0 Å². The first-order valence-electron chi connectivity index (χ1n) is 12.9. The van der Waals surface area contributed by atoms with Crippen molar-refractivity contribution in [1.82, 2.24) is 19.4 Å². The van der Waals surface area contributed by atoms with Crippen molar-refractivity contribution in [2.45, 2.75) is 25.9 Å². The van der Waals surface area contributed by atoms with Gasteiger partial charge in [0.1, 0.15) is 17.3 Å². The van der Waals surface area contributed by atoms with Crippen LogP contribution in [0.4, 0.5) is 30.6 Å². The van der Waals surface area contributed by atoms with E-state index in [4.69, 9.17) is 16.3 Å². The topological polar surface area (TPSA) is 84.3 Å². The third-order valence-corrected chi connectivity index (χ3v) is 7.32. The standard InChI is InChI=1S/C28H28ClF3N6O2/c1-3-38-12-9-17(10-13-38)26(39)36-25-16-20(8-11-33-25)40-19-5-7-24-23(15-19)35-27(37(24)2)34-18-4-6-21(22(29)14-18)28(30,31)32/h4-8,11,14-17H,3,9-10,12-13H2,1-2H3,(H,34,35)(H,33,36,39). The SMILES string of the molecule is CCN1CCC(C(=O)Nc2cc(Oc3ccc4c(c3)nc(Nc3ccc(C(F)(F)F)c(Cl)c3)n4C)ccn2)CC1. The van der Waals surface area contributed by atoms with Crippen LogP contribution >= 0.6 is 11.6 Å². The number of aromatic nitrogens is 3. The van der Waals surface area contributed by atoms with Gasteiger partial charge >= 0.3 is 6.18 Å². The lowest BCUT2D eigenvalue weighted by Crippen LogP contribution is -2.38. The Bertz CT molecular complexity index is 1530. The van der Waals surface area contributed by atoms with Crippen LogP contribution in [0.15, 0.2) is 54.7 Å². The van der Waals surface area contributed by atoms with E-state index >= 15 is 0 Å². The number of fused-ring (bicyclic) bond motifs is 1. The highest BCUT2D eigenvalue weighted by atomic mass is 35.5. The predicted octanol–water partition coefficient (Wildman–Crippen LogP) is 6.85. The molecule has 0 atom stereocenters. The zero-order valence-corrected chi connectivity index (χ0v) is 22.7. The number of imidazole rings is 1. The molecule has 12 heteroatoms. The van der Waals surface area contributed by atoms with Crippen molar-refractivity contribution in [2.75, 3.05) is 30.3 Å². The van der Waals surface area contributed by atoms with E-state index < -0.39 is 16.8 Å². The molecule has 0 spiro atoms. The summed E-state index contributed by atoms with van der Waals surface area (Å²) in [5.41, 5.74) is 0.865. The van der Waals surface area contributed by atoms with Gasteiger partial charge in [-0.15, -0.1) is 0 Å². The highest BCUT2D eigenvalue weighted by Gasteiger charge is 2.33. The van der Waals surface area contributed by atoms with Crippen molar-refractivity contribution < 1.29 is 22.7 Å². The molecule has 210 valence electrons. The van der Waals surface area contributed by atoms with E-state index in [2.05, 4.69) is 32.4 Å². The molecule has 0 radical (unpaired) electrons. The average molecular weight is 573 g/mol. The Morgan fingerprint density at radius 1 is 1.10 bits per heavy atom. The molecule has 1 fully saturated rings. The number of ether oxygens (including phenoxy) is 1. The van der Waals surface area contributed by atoms with E-state index in [9.17, 15) is 18.0 Å². The smallest absolute Gasteiger partial charge is 0.417 e. The normalized spacial score (nSPS) is 14.8. The molecule has 40 heavy (non-hydrogen) atoms. The van der Waals surface area contributed by atoms with E-state index in [0.29, 0.717) is 34.5 Å². The summed E-state index contributed by atoms with van der Waals surface area (Å²) in [6.45, 7) is 4.94. The van der Waals surface area contributed by atoms with Gasteiger partial charge in [0, 0.05) is 37.0 Å². The Morgan fingerprint density at radius 2 is 1.85 bits per heavy atom. The number of benzene rings is 2. The summed E-state index contributed by atoms with van der Waals surface area (Å²) in [5, 5.41) is 5.52. The first kappa shape index (κ1) is 27.7. The van der Waals surface area contributed by atoms with E-state index in [-0.39, 0.29) is 11.8 Å². The molecule has 2 aromatic heterocycles. The number of nitrogens with one attached hydrogen (secondary N) is 2. The maximum atomic E-state index is 13.0. The molecule has 2 aromatic carbocycles. The molecule has 1 amide bonds. The fourth-order valence-electron chi connectivity index (χ4n) is 4.73. The predicted molar refractivity (Wildman–Crippen MR) is 148 cm³/mol. The summed E-state index contributed by atoms with van der Waals surface area (Å²) in [7, 11) is 1.79. The molecule has 0 aliphatic carbocycles. The van der Waals surface area contributed by atoms with Gasteiger partial charge in [-0.1, -0.05) is 18.5 Å². The van der Waals surface area contributed by atoms with Crippen molar-refractivity contribution in [2.24, 2.45) is 13.0 Å². The summed E-state index contributed by atoms with van der Waals surface area (Å²) in [4.78, 5) is 23.9. The molecule has 3 heterocycles. The van der Waals surface area contributed by atoms with Gasteiger partial charge in [-0.3, -0.25) is 4.79 Å². The summed E-state index contributed by atoms with van der Waals surface area (Å²) in [6, 6.07) is 12.2. The number of carbonyl (C=O) groups is 1. The minimum atomic E-state index is -4.53. The first-order chi connectivity index (χ1) is 19.1. The number of piperidine rings is 1. The number of halogens is 4. The Kier molecular flexibility index (Phi) is 7.86. The van der Waals surface area contributed by atoms with Gasteiger partial charge in [0.05, 0.1) is 21.6 Å². The number of amides is 1. The second kappa shape index (κ2) is 11.3. The molecule has 0 saturated carbocycles. The number of hydrogen-bond acceptors (Lipinski definition) is 6. The Labute approximate surface area is 234 Å². The van der Waals surface area contributed by atoms with Crippen LogP contribution in [0.5, 0.6) is 11.5 Å². The van der Waals surface area contributed by atoms with E-state index in [1.54, 1.807) is 42.1 Å². The molecule has 0 bridgehead atoms. The molecule has 1 saturated heterocycles. The number of pyridine rings is 1. The molecule has 5 rings (SSSR count). The zero-order chi connectivity index (χ0) is 28.4. The number of rotatable bonds is 7. The molecule has 1 aliphatic heterocycles. The van der Waals surface area contributed by atoms with E-state index in [1.807, 2.05) is 6.07 Å². The Hall–Kier alpha value is -3.83. The minimum absolute atomic E-state index is 0.0373. The highest BCUT2D eigenvalue weighted by Crippen LogP contribution is 2.36. The van der Waals surface area contributed by atoms with Crippen LogP contribution in [-0.4, -0.2) is 45.0 Å². The van der Waals surface area contributed by atoms with Crippen LogP contribution in [0.25, 0.3) is 11.0 Å². The quantitative estimate of drug-likeness (QED) is 0.252. The number of alkyl halides is 3. The minimum Gasteiger partial charge on any atom is -0.457 e. The van der Waals surface area contributed by atoms with Crippen LogP contribution in [-0.2, 0) is 18.0 Å². The number of nitrogens with zero attached hydrogens (tertiary/aromatic N) is 4. The lowest BCUT2D eigenvalue weighted by atomic mass is 9.96. The number of aryl methyl sites for hydroxylation is 1. The van der Waals surface area contributed by atoms with Crippen molar-refractivity contribution >= 4 is 46.0 Å². The molecule has 8 nitrogen and oxygen atoms in total. The number of likely N-dealkylation sites (tertiary alicyclic amines) is 1. The third kappa shape index (κ3) is 6.15. The van der Waals surface area contributed by atoms with Crippen molar-refractivity contribution in [3.05, 3.63) is 65.3 Å². The maximum Gasteiger partial charge on any atom is 0.417 e. The van der Waals surface area contributed by atoms with E-state index in [0.717, 1.165) is 44.1 Å². The van der Waals surface area contributed by atoms with E-state index in [1.165, 1.54) is 12.1 Å². The monoisotopic (exact) mass is 572 g/mol. The van der Waals surface area contributed by atoms with Gasteiger partial charge < -0.3 is 24.8 Å². The molecular formula is C28H28ClF3N6O2. The lowest BCUT2D eigenvalue weighted by Gasteiger charge is -2.30. The molecule has 1 aliphatic rings. The second-order valence-corrected chi connectivity index (χ2v) is 10.0. The van der Waals surface area contributed by atoms with Crippen LogP contribution < -0.4 is 15.4 Å². The summed E-state index contributed by atoms with van der Waals surface area (Å²) >= 11 is 5.85. The number of hydrogen-bond donors (Lipinski definition) is 2. The fraction of sp³-hybridized carbons (Fsp3) is 0.321. The van der Waals surface area contributed by atoms with Gasteiger partial charge in [0.2, 0.25) is 11.9 Å². The molecule has 0 unspecified atom stereocenters. The summed E-state index contributed by atoms with van der Waals surface area (Å²) < 4.78 is 46.9. The number of anilines is 3. The fourth-order valence-corrected chi connectivity index (χ4v) is 5.01. The third-order valence-electron chi connectivity index (χ3n) is 7.01. The Morgan fingerprint density at radius 3 is 2.55 bits per heavy atom. The average Bonchev–Trinajstić information content (AvgIpc) is 3.22. The van der Waals surface area contributed by atoms with Crippen molar-refractivity contribution in [3.63, 3.8) is 0 Å². The van der Waals surface area contributed by atoms with Gasteiger partial charge in [-0.25, -0.2) is 9.97 Å². The molecular weight excluding hydrogens is 545 g/mol. The van der Waals surface area contributed by atoms with Gasteiger partial charge in [-0.05, 0) is 68.9 Å².